The van der Waals surface area contributed by atoms with E-state index in [2.05, 4.69) is 5.32 Å². The first kappa shape index (κ1) is 22.7. The summed E-state index contributed by atoms with van der Waals surface area (Å²) in [7, 11) is 0. The number of nitrogens with one attached hydrogen (secondary N) is 1. The van der Waals surface area contributed by atoms with Crippen LogP contribution in [0, 0.1) is 0 Å². The highest BCUT2D eigenvalue weighted by Gasteiger charge is 2.32. The summed E-state index contributed by atoms with van der Waals surface area (Å²) in [5.74, 6) is 0.447. The van der Waals surface area contributed by atoms with Crippen molar-refractivity contribution in [1.29, 1.82) is 0 Å². The number of benzene rings is 3. The first-order chi connectivity index (χ1) is 15.5. The van der Waals surface area contributed by atoms with E-state index in [0.29, 0.717) is 34.5 Å². The van der Waals surface area contributed by atoms with Gasteiger partial charge in [0.1, 0.15) is 5.37 Å². The lowest BCUT2D eigenvalue weighted by molar-refractivity contribution is -0.128. The van der Waals surface area contributed by atoms with Crippen LogP contribution in [0.3, 0.4) is 0 Å². The summed E-state index contributed by atoms with van der Waals surface area (Å²) in [5, 5.41) is 4.26. The molecular weight excluding hydrogens is 463 g/mol. The second-order valence-corrected chi connectivity index (χ2v) is 9.51. The van der Waals surface area contributed by atoms with E-state index in [-0.39, 0.29) is 17.2 Å². The molecule has 164 valence electrons. The Hall–Kier alpha value is -2.47. The maximum atomic E-state index is 12.5. The van der Waals surface area contributed by atoms with Crippen molar-refractivity contribution >= 4 is 46.8 Å². The molecule has 1 unspecified atom stereocenters. The Balaban J connectivity index is 1.36. The van der Waals surface area contributed by atoms with Gasteiger partial charge in [-0.3, -0.25) is 9.59 Å². The summed E-state index contributed by atoms with van der Waals surface area (Å²) >= 11 is 13.5. The van der Waals surface area contributed by atoms with E-state index in [9.17, 15) is 9.59 Å². The van der Waals surface area contributed by atoms with Crippen molar-refractivity contribution < 1.29 is 9.59 Å². The number of rotatable bonds is 7. The summed E-state index contributed by atoms with van der Waals surface area (Å²) in [5.41, 5.74) is 3.76. The maximum absolute atomic E-state index is 12.5. The van der Waals surface area contributed by atoms with Gasteiger partial charge in [0, 0.05) is 28.7 Å². The molecule has 1 fully saturated rings. The molecule has 32 heavy (non-hydrogen) atoms. The van der Waals surface area contributed by atoms with Gasteiger partial charge < -0.3 is 10.2 Å². The zero-order valence-electron chi connectivity index (χ0n) is 17.3. The average Bonchev–Trinajstić information content (AvgIpc) is 3.16. The predicted molar refractivity (Wildman–Crippen MR) is 131 cm³/mol. The van der Waals surface area contributed by atoms with Crippen molar-refractivity contribution in [3.8, 4) is 0 Å². The number of halogens is 2. The molecule has 0 radical (unpaired) electrons. The summed E-state index contributed by atoms with van der Waals surface area (Å²) in [6.07, 6.45) is 0.738. The molecule has 4 nitrogen and oxygen atoms in total. The van der Waals surface area contributed by atoms with Gasteiger partial charge >= 0.3 is 0 Å². The summed E-state index contributed by atoms with van der Waals surface area (Å²) in [4.78, 5) is 26.8. The smallest absolute Gasteiger partial charge is 0.251 e. The minimum Gasteiger partial charge on any atom is -0.352 e. The van der Waals surface area contributed by atoms with Crippen molar-refractivity contribution in [2.45, 2.75) is 18.3 Å². The zero-order valence-corrected chi connectivity index (χ0v) is 19.6. The standard InChI is InChI=1S/C25H22Cl2N2O2S/c26-21-9-1-17(2-10-21)13-14-28-24(31)19-5-7-20(8-6-19)25-29(23(30)16-32-25)15-18-3-11-22(27)12-4-18/h1-12,25H,13-16H2,(H,28,31). The van der Waals surface area contributed by atoms with Crippen LogP contribution in [0.4, 0.5) is 0 Å². The number of carbonyl (C=O) groups is 2. The number of thioether (sulfide) groups is 1. The van der Waals surface area contributed by atoms with E-state index in [4.69, 9.17) is 23.2 Å². The Bertz CT molecular complexity index is 1090. The van der Waals surface area contributed by atoms with Gasteiger partial charge in [-0.2, -0.15) is 0 Å². The molecule has 3 aromatic carbocycles. The number of carbonyl (C=O) groups excluding carboxylic acids is 2. The summed E-state index contributed by atoms with van der Waals surface area (Å²) < 4.78 is 0. The molecule has 1 aliphatic rings. The van der Waals surface area contributed by atoms with E-state index in [1.165, 1.54) is 0 Å². The highest BCUT2D eigenvalue weighted by atomic mass is 35.5. The number of nitrogens with zero attached hydrogens (tertiary/aromatic N) is 1. The van der Waals surface area contributed by atoms with Crippen molar-refractivity contribution in [2.75, 3.05) is 12.3 Å². The van der Waals surface area contributed by atoms with Crippen molar-refractivity contribution in [3.63, 3.8) is 0 Å². The molecule has 1 atom stereocenters. The molecule has 0 bridgehead atoms. The van der Waals surface area contributed by atoms with Gasteiger partial charge in [-0.05, 0) is 59.5 Å². The van der Waals surface area contributed by atoms with E-state index >= 15 is 0 Å². The Labute approximate surface area is 201 Å². The van der Waals surface area contributed by atoms with E-state index < -0.39 is 0 Å². The van der Waals surface area contributed by atoms with E-state index in [1.807, 2.05) is 77.7 Å². The van der Waals surface area contributed by atoms with Crippen molar-refractivity contribution in [1.82, 2.24) is 10.2 Å². The molecule has 1 N–H and O–H groups in total. The lowest BCUT2D eigenvalue weighted by atomic mass is 10.1. The monoisotopic (exact) mass is 484 g/mol. The molecule has 1 heterocycles. The Morgan fingerprint density at radius 1 is 0.906 bits per heavy atom. The third-order valence-electron chi connectivity index (χ3n) is 5.30. The van der Waals surface area contributed by atoms with Gasteiger partial charge in [0.15, 0.2) is 0 Å². The molecule has 4 rings (SSSR count). The molecular formula is C25H22Cl2N2O2S. The first-order valence-corrected chi connectivity index (χ1v) is 12.1. The summed E-state index contributed by atoms with van der Waals surface area (Å²) in [6.45, 7) is 1.07. The molecule has 1 saturated heterocycles. The number of hydrogen-bond donors (Lipinski definition) is 1. The first-order valence-electron chi connectivity index (χ1n) is 10.3. The quantitative estimate of drug-likeness (QED) is 0.464. The normalized spacial score (nSPS) is 15.8. The third-order valence-corrected chi connectivity index (χ3v) is 7.06. The molecule has 0 saturated carbocycles. The van der Waals surface area contributed by atoms with Gasteiger partial charge in [0.2, 0.25) is 5.91 Å². The predicted octanol–water partition coefficient (Wildman–Crippen LogP) is 5.74. The third kappa shape index (κ3) is 5.66. The lowest BCUT2D eigenvalue weighted by Gasteiger charge is -2.24. The molecule has 0 aromatic heterocycles. The number of hydrogen-bond acceptors (Lipinski definition) is 3. The van der Waals surface area contributed by atoms with Gasteiger partial charge in [-0.15, -0.1) is 11.8 Å². The van der Waals surface area contributed by atoms with Gasteiger partial charge in [0.05, 0.1) is 5.75 Å². The summed E-state index contributed by atoms with van der Waals surface area (Å²) in [6, 6.07) is 22.6. The maximum Gasteiger partial charge on any atom is 0.251 e. The second kappa shape index (κ2) is 10.4. The Morgan fingerprint density at radius 3 is 2.12 bits per heavy atom. The average molecular weight is 485 g/mol. The fourth-order valence-corrected chi connectivity index (χ4v) is 5.00. The fraction of sp³-hybridized carbons (Fsp3) is 0.200. The largest absolute Gasteiger partial charge is 0.352 e. The molecule has 7 heteroatoms. The molecule has 3 aromatic rings. The molecule has 0 aliphatic carbocycles. The van der Waals surface area contributed by atoms with Crippen LogP contribution in [-0.2, 0) is 17.8 Å². The minimum absolute atomic E-state index is 0.0693. The Kier molecular flexibility index (Phi) is 7.40. The van der Waals surface area contributed by atoms with Crippen LogP contribution in [0.1, 0.15) is 32.4 Å². The fourth-order valence-electron chi connectivity index (χ4n) is 3.56. The SMILES string of the molecule is O=C(NCCc1ccc(Cl)cc1)c1ccc(C2SCC(=O)N2Cc2ccc(Cl)cc2)cc1. The molecule has 1 aliphatic heterocycles. The van der Waals surface area contributed by atoms with Crippen molar-refractivity contribution in [3.05, 3.63) is 105 Å². The highest BCUT2D eigenvalue weighted by Crippen LogP contribution is 2.39. The number of amides is 2. The second-order valence-electron chi connectivity index (χ2n) is 7.57. The van der Waals surface area contributed by atoms with Gasteiger partial charge in [-0.25, -0.2) is 0 Å². The van der Waals surface area contributed by atoms with Crippen LogP contribution in [0.5, 0.6) is 0 Å². The lowest BCUT2D eigenvalue weighted by Crippen LogP contribution is -2.28. The van der Waals surface area contributed by atoms with E-state index in [1.54, 1.807) is 11.8 Å². The Morgan fingerprint density at radius 2 is 1.50 bits per heavy atom. The van der Waals surface area contributed by atoms with E-state index in [0.717, 1.165) is 23.1 Å². The van der Waals surface area contributed by atoms with Crippen LogP contribution >= 0.6 is 35.0 Å². The topological polar surface area (TPSA) is 49.4 Å². The van der Waals surface area contributed by atoms with Gasteiger partial charge in [0.25, 0.3) is 5.91 Å². The molecule has 0 spiro atoms. The highest BCUT2D eigenvalue weighted by molar-refractivity contribution is 8.00. The van der Waals surface area contributed by atoms with Crippen LogP contribution in [0.15, 0.2) is 72.8 Å². The molecule has 2 amide bonds. The van der Waals surface area contributed by atoms with Crippen LogP contribution in [-0.4, -0.2) is 29.0 Å². The minimum atomic E-state index is -0.112. The van der Waals surface area contributed by atoms with Crippen LogP contribution < -0.4 is 5.32 Å². The van der Waals surface area contributed by atoms with Crippen molar-refractivity contribution in [2.24, 2.45) is 0 Å². The van der Waals surface area contributed by atoms with Crippen LogP contribution in [0.25, 0.3) is 0 Å². The zero-order chi connectivity index (χ0) is 22.5. The van der Waals surface area contributed by atoms with Gasteiger partial charge in [-0.1, -0.05) is 59.6 Å². The van der Waals surface area contributed by atoms with Crippen LogP contribution in [0.2, 0.25) is 10.0 Å².